The number of nitrogens with one attached hydrogen (secondary N) is 1. The fourth-order valence-corrected chi connectivity index (χ4v) is 3.91. The van der Waals surface area contributed by atoms with Gasteiger partial charge in [0, 0.05) is 20.0 Å². The van der Waals surface area contributed by atoms with Crippen LogP contribution >= 0.6 is 0 Å². The van der Waals surface area contributed by atoms with Gasteiger partial charge in [-0.15, -0.1) is 5.10 Å². The highest BCUT2D eigenvalue weighted by atomic mass is 19.1. The van der Waals surface area contributed by atoms with Crippen LogP contribution in [0.15, 0.2) is 46.0 Å². The Labute approximate surface area is 193 Å². The van der Waals surface area contributed by atoms with Gasteiger partial charge in [0.15, 0.2) is 0 Å². The minimum atomic E-state index is -0.838. The quantitative estimate of drug-likeness (QED) is 0.593. The summed E-state index contributed by atoms with van der Waals surface area (Å²) < 4.78 is 35.6. The first-order valence-corrected chi connectivity index (χ1v) is 10.7. The molecular formula is C23H23F2N5O4. The van der Waals surface area contributed by atoms with Crippen LogP contribution in [0, 0.1) is 11.6 Å². The molecule has 1 N–H and O–H groups in total. The molecule has 1 amide bonds. The second-order valence-electron chi connectivity index (χ2n) is 7.92. The fraction of sp³-hybridized carbons (Fsp3) is 0.304. The third-order valence-corrected chi connectivity index (χ3v) is 5.53. The van der Waals surface area contributed by atoms with E-state index >= 15 is 0 Å². The number of carbonyl (C=O) groups excluding carboxylic acids is 1. The summed E-state index contributed by atoms with van der Waals surface area (Å²) in [6.07, 6.45) is 2.00. The maximum absolute atomic E-state index is 14.8. The molecule has 2 heterocycles. The van der Waals surface area contributed by atoms with Crippen LogP contribution in [0.25, 0.3) is 5.69 Å². The van der Waals surface area contributed by atoms with Crippen LogP contribution in [-0.4, -0.2) is 40.5 Å². The lowest BCUT2D eigenvalue weighted by Crippen LogP contribution is -2.41. The molecule has 0 radical (unpaired) electrons. The van der Waals surface area contributed by atoms with E-state index in [1.807, 2.05) is 4.90 Å². The van der Waals surface area contributed by atoms with Crippen molar-refractivity contribution in [3.05, 3.63) is 74.4 Å². The van der Waals surface area contributed by atoms with Crippen LogP contribution in [-0.2, 0) is 11.3 Å². The molecule has 178 valence electrons. The predicted octanol–water partition coefficient (Wildman–Crippen LogP) is 2.29. The molecule has 3 aromatic rings. The molecule has 1 fully saturated rings. The number of ether oxygens (including phenoxy) is 1. The van der Waals surface area contributed by atoms with Gasteiger partial charge in [0.2, 0.25) is 5.91 Å². The maximum Gasteiger partial charge on any atom is 0.352 e. The van der Waals surface area contributed by atoms with Crippen LogP contribution in [0.3, 0.4) is 0 Å². The van der Waals surface area contributed by atoms with Gasteiger partial charge in [0.25, 0.3) is 5.88 Å². The topological polar surface area (TPSA) is 98.5 Å². The number of amides is 1. The third kappa shape index (κ3) is 4.54. The summed E-state index contributed by atoms with van der Waals surface area (Å²) >= 11 is 0. The van der Waals surface area contributed by atoms with Gasteiger partial charge >= 0.3 is 11.2 Å². The van der Waals surface area contributed by atoms with Crippen molar-refractivity contribution < 1.29 is 18.3 Å². The van der Waals surface area contributed by atoms with E-state index in [0.29, 0.717) is 11.3 Å². The molecule has 0 bridgehead atoms. The fourth-order valence-electron chi connectivity index (χ4n) is 3.91. The first kappa shape index (κ1) is 23.1. The number of hydrogen-bond donors (Lipinski definition) is 1. The first-order valence-electron chi connectivity index (χ1n) is 10.7. The van der Waals surface area contributed by atoms with E-state index in [1.54, 1.807) is 12.1 Å². The highest BCUT2D eigenvalue weighted by molar-refractivity contribution is 5.89. The highest BCUT2D eigenvalue weighted by Crippen LogP contribution is 2.24. The number of halogens is 2. The van der Waals surface area contributed by atoms with Gasteiger partial charge in [-0.1, -0.05) is 6.07 Å². The molecule has 1 saturated heterocycles. The Hall–Kier alpha value is -4.02. The SMILES string of the molecule is COc1nn(-c2ccc(F)c(NC(C)=O)c2)c(=O)n(Cc2ccc(N3CCCC3)c(F)c2)c1=O. The van der Waals surface area contributed by atoms with Gasteiger partial charge < -0.3 is 15.0 Å². The van der Waals surface area contributed by atoms with E-state index in [9.17, 15) is 23.2 Å². The Morgan fingerprint density at radius 3 is 2.47 bits per heavy atom. The van der Waals surface area contributed by atoms with Crippen molar-refractivity contribution in [2.75, 3.05) is 30.4 Å². The van der Waals surface area contributed by atoms with Crippen LogP contribution < -0.4 is 26.2 Å². The summed E-state index contributed by atoms with van der Waals surface area (Å²) in [5.41, 5.74) is -0.812. The molecule has 0 spiro atoms. The van der Waals surface area contributed by atoms with Crippen LogP contribution in [0.4, 0.5) is 20.2 Å². The lowest BCUT2D eigenvalue weighted by Gasteiger charge is -2.19. The summed E-state index contributed by atoms with van der Waals surface area (Å²) in [5, 5.41) is 6.26. The van der Waals surface area contributed by atoms with E-state index in [1.165, 1.54) is 32.2 Å². The molecule has 1 aliphatic heterocycles. The Morgan fingerprint density at radius 1 is 1.09 bits per heavy atom. The summed E-state index contributed by atoms with van der Waals surface area (Å²) in [5.74, 6) is -2.02. The predicted molar refractivity (Wildman–Crippen MR) is 122 cm³/mol. The minimum absolute atomic E-state index is 0.0951. The van der Waals surface area contributed by atoms with Crippen molar-refractivity contribution in [1.29, 1.82) is 0 Å². The van der Waals surface area contributed by atoms with E-state index < -0.39 is 28.8 Å². The molecule has 4 rings (SSSR count). The smallest absolute Gasteiger partial charge is 0.352 e. The maximum atomic E-state index is 14.8. The Morgan fingerprint density at radius 2 is 1.82 bits per heavy atom. The summed E-state index contributed by atoms with van der Waals surface area (Å²) in [7, 11) is 1.22. The van der Waals surface area contributed by atoms with E-state index in [4.69, 9.17) is 4.74 Å². The summed E-state index contributed by atoms with van der Waals surface area (Å²) in [6.45, 7) is 2.54. The molecule has 34 heavy (non-hydrogen) atoms. The number of rotatable bonds is 6. The number of carbonyl (C=O) groups is 1. The lowest BCUT2D eigenvalue weighted by atomic mass is 10.2. The Balaban J connectivity index is 1.75. The van der Waals surface area contributed by atoms with Crippen LogP contribution in [0.1, 0.15) is 25.3 Å². The van der Waals surface area contributed by atoms with Gasteiger partial charge in [-0.25, -0.2) is 18.1 Å². The molecule has 11 heteroatoms. The largest absolute Gasteiger partial charge is 0.476 e. The zero-order valence-electron chi connectivity index (χ0n) is 18.7. The third-order valence-electron chi connectivity index (χ3n) is 5.53. The minimum Gasteiger partial charge on any atom is -0.476 e. The van der Waals surface area contributed by atoms with Gasteiger partial charge in [-0.2, -0.15) is 4.68 Å². The number of nitrogens with zero attached hydrogens (tertiary/aromatic N) is 4. The first-order chi connectivity index (χ1) is 16.3. The lowest BCUT2D eigenvalue weighted by molar-refractivity contribution is -0.114. The molecule has 1 aliphatic rings. The van der Waals surface area contributed by atoms with Gasteiger partial charge in [-0.3, -0.25) is 9.59 Å². The molecule has 0 saturated carbocycles. The van der Waals surface area contributed by atoms with Crippen molar-refractivity contribution in [1.82, 2.24) is 14.3 Å². The van der Waals surface area contributed by atoms with E-state index in [2.05, 4.69) is 10.4 Å². The molecule has 0 aliphatic carbocycles. The van der Waals surface area contributed by atoms with Crippen LogP contribution in [0.2, 0.25) is 0 Å². The average molecular weight is 471 g/mol. The van der Waals surface area contributed by atoms with Crippen molar-refractivity contribution in [2.24, 2.45) is 0 Å². The summed E-state index contributed by atoms with van der Waals surface area (Å²) in [6, 6.07) is 8.13. The number of benzene rings is 2. The van der Waals surface area contributed by atoms with Crippen molar-refractivity contribution >= 4 is 17.3 Å². The zero-order valence-corrected chi connectivity index (χ0v) is 18.7. The molecule has 2 aromatic carbocycles. The molecule has 0 atom stereocenters. The zero-order chi connectivity index (χ0) is 24.4. The molecule has 0 unspecified atom stereocenters. The van der Waals surface area contributed by atoms with Gasteiger partial charge in [-0.05, 0) is 48.7 Å². The second-order valence-corrected chi connectivity index (χ2v) is 7.92. The van der Waals surface area contributed by atoms with Crippen molar-refractivity contribution in [2.45, 2.75) is 26.3 Å². The number of aromatic nitrogens is 3. The number of anilines is 2. The normalized spacial score (nSPS) is 13.2. The monoisotopic (exact) mass is 471 g/mol. The van der Waals surface area contributed by atoms with Crippen molar-refractivity contribution in [3.8, 4) is 11.6 Å². The van der Waals surface area contributed by atoms with Crippen molar-refractivity contribution in [3.63, 3.8) is 0 Å². The number of hydrogen-bond acceptors (Lipinski definition) is 6. The Kier molecular flexibility index (Phi) is 6.44. The molecular weight excluding hydrogens is 448 g/mol. The molecule has 1 aromatic heterocycles. The molecule has 9 nitrogen and oxygen atoms in total. The van der Waals surface area contributed by atoms with E-state index in [0.717, 1.165) is 41.2 Å². The standard InChI is InChI=1S/C23H23F2N5O4/c1-14(31)26-19-12-16(6-7-17(19)24)30-23(33)29(22(32)21(27-30)34-2)13-15-5-8-20(18(25)11-15)28-9-3-4-10-28/h5-8,11-12H,3-4,9-10,13H2,1-2H3,(H,26,31). The highest BCUT2D eigenvalue weighted by Gasteiger charge is 2.19. The average Bonchev–Trinajstić information content (AvgIpc) is 3.33. The number of methoxy groups -OCH3 is 1. The second kappa shape index (κ2) is 9.46. The van der Waals surface area contributed by atoms with Crippen LogP contribution in [0.5, 0.6) is 5.88 Å². The summed E-state index contributed by atoms with van der Waals surface area (Å²) in [4.78, 5) is 39.3. The van der Waals surface area contributed by atoms with Gasteiger partial charge in [0.1, 0.15) is 11.6 Å². The Bertz CT molecular complexity index is 1360. The van der Waals surface area contributed by atoms with E-state index in [-0.39, 0.29) is 23.8 Å². The van der Waals surface area contributed by atoms with Gasteiger partial charge in [0.05, 0.1) is 30.7 Å².